The molecule has 1 N–H and O–H groups in total. The third-order valence-electron chi connectivity index (χ3n) is 5.19. The molecule has 2 aromatic rings. The van der Waals surface area contributed by atoms with E-state index in [1.807, 2.05) is 30.3 Å². The Bertz CT molecular complexity index is 826. The molecule has 5 nitrogen and oxygen atoms in total. The Balaban J connectivity index is 2.26. The lowest BCUT2D eigenvalue weighted by atomic mass is 9.63. The largest absolute Gasteiger partial charge is 0.497 e. The summed E-state index contributed by atoms with van der Waals surface area (Å²) in [5.41, 5.74) is 0.564. The number of ether oxygens (including phenoxy) is 2. The lowest BCUT2D eigenvalue weighted by Crippen LogP contribution is -2.48. The molecule has 2 aromatic carbocycles. The van der Waals surface area contributed by atoms with Crippen LogP contribution in [-0.4, -0.2) is 31.3 Å². The molecule has 1 aliphatic rings. The summed E-state index contributed by atoms with van der Waals surface area (Å²) in [6.07, 6.45) is 1.02. The van der Waals surface area contributed by atoms with Crippen LogP contribution in [0.1, 0.15) is 24.5 Å². The SMILES string of the molecule is COC(=O)[C@@]1(C)c2ccc3cc(OC)ccc3c2CC[C@H]1C(=O)O. The van der Waals surface area contributed by atoms with Crippen molar-refractivity contribution in [2.45, 2.75) is 25.2 Å². The smallest absolute Gasteiger partial charge is 0.316 e. The molecule has 0 spiro atoms. The Labute approximate surface area is 140 Å². The van der Waals surface area contributed by atoms with Gasteiger partial charge in [-0.25, -0.2) is 0 Å². The monoisotopic (exact) mass is 328 g/mol. The van der Waals surface area contributed by atoms with E-state index in [0.29, 0.717) is 12.8 Å². The van der Waals surface area contributed by atoms with Gasteiger partial charge in [-0.2, -0.15) is 0 Å². The number of hydrogen-bond donors (Lipinski definition) is 1. The van der Waals surface area contributed by atoms with Gasteiger partial charge in [-0.3, -0.25) is 9.59 Å². The fraction of sp³-hybridized carbons (Fsp3) is 0.368. The topological polar surface area (TPSA) is 72.8 Å². The number of methoxy groups -OCH3 is 2. The van der Waals surface area contributed by atoms with Crippen LogP contribution in [0.4, 0.5) is 0 Å². The zero-order valence-electron chi connectivity index (χ0n) is 14.0. The van der Waals surface area contributed by atoms with Gasteiger partial charge in [0.05, 0.1) is 20.1 Å². The summed E-state index contributed by atoms with van der Waals surface area (Å²) in [7, 11) is 2.91. The Kier molecular flexibility index (Phi) is 3.95. The third-order valence-corrected chi connectivity index (χ3v) is 5.19. The number of carboxylic acids is 1. The Morgan fingerprint density at radius 1 is 1.21 bits per heavy atom. The molecule has 0 aromatic heterocycles. The first kappa shape index (κ1) is 16.3. The van der Waals surface area contributed by atoms with Crippen LogP contribution < -0.4 is 4.74 Å². The van der Waals surface area contributed by atoms with Gasteiger partial charge in [0.15, 0.2) is 0 Å². The highest BCUT2D eigenvalue weighted by Crippen LogP contribution is 2.45. The summed E-state index contributed by atoms with van der Waals surface area (Å²) in [5.74, 6) is -1.52. The second-order valence-corrected chi connectivity index (χ2v) is 6.30. The van der Waals surface area contributed by atoms with Crippen molar-refractivity contribution in [3.8, 4) is 5.75 Å². The molecule has 24 heavy (non-hydrogen) atoms. The minimum absolute atomic E-state index is 0.402. The van der Waals surface area contributed by atoms with E-state index in [1.165, 1.54) is 7.11 Å². The summed E-state index contributed by atoms with van der Waals surface area (Å²) >= 11 is 0. The molecule has 0 amide bonds. The molecule has 0 saturated carbocycles. The number of aryl methyl sites for hydroxylation is 1. The zero-order valence-corrected chi connectivity index (χ0v) is 14.0. The highest BCUT2D eigenvalue weighted by molar-refractivity contribution is 5.95. The van der Waals surface area contributed by atoms with Gasteiger partial charge in [0.2, 0.25) is 0 Å². The maximum Gasteiger partial charge on any atom is 0.316 e. The maximum atomic E-state index is 12.5. The van der Waals surface area contributed by atoms with Crippen LogP contribution in [-0.2, 0) is 26.2 Å². The van der Waals surface area contributed by atoms with Crippen molar-refractivity contribution in [3.63, 3.8) is 0 Å². The molecule has 0 fully saturated rings. The van der Waals surface area contributed by atoms with E-state index in [9.17, 15) is 14.7 Å². The predicted octanol–water partition coefficient (Wildman–Crippen LogP) is 2.93. The average Bonchev–Trinajstić information content (AvgIpc) is 2.59. The standard InChI is InChI=1S/C19H20O5/c1-19(18(22)24-3)15-8-4-11-10-12(23-2)5-6-13(11)14(15)7-9-16(19)17(20)21/h4-6,8,10,16H,7,9H2,1-3H3,(H,20,21)/t16-,19-/m0/s1. The number of carbonyl (C=O) groups excluding carboxylic acids is 1. The van der Waals surface area contributed by atoms with Crippen LogP contribution >= 0.6 is 0 Å². The van der Waals surface area contributed by atoms with Gasteiger partial charge in [-0.1, -0.05) is 18.2 Å². The summed E-state index contributed by atoms with van der Waals surface area (Å²) in [5, 5.41) is 11.6. The van der Waals surface area contributed by atoms with Gasteiger partial charge in [0.25, 0.3) is 0 Å². The van der Waals surface area contributed by atoms with Crippen molar-refractivity contribution in [1.29, 1.82) is 0 Å². The number of hydrogen-bond acceptors (Lipinski definition) is 4. The molecule has 1 aliphatic carbocycles. The minimum Gasteiger partial charge on any atom is -0.497 e. The first-order chi connectivity index (χ1) is 11.4. The summed E-state index contributed by atoms with van der Waals surface area (Å²) in [6.45, 7) is 1.67. The lowest BCUT2D eigenvalue weighted by molar-refractivity contribution is -0.158. The summed E-state index contributed by atoms with van der Waals surface area (Å²) in [6, 6.07) is 9.53. The van der Waals surface area contributed by atoms with E-state index in [-0.39, 0.29) is 0 Å². The molecule has 0 aliphatic heterocycles. The van der Waals surface area contributed by atoms with Gasteiger partial charge in [0.1, 0.15) is 11.2 Å². The number of fused-ring (bicyclic) bond motifs is 3. The van der Waals surface area contributed by atoms with Crippen molar-refractivity contribution in [3.05, 3.63) is 41.5 Å². The van der Waals surface area contributed by atoms with Gasteiger partial charge < -0.3 is 14.6 Å². The highest BCUT2D eigenvalue weighted by Gasteiger charge is 2.51. The van der Waals surface area contributed by atoms with Crippen LogP contribution in [0.2, 0.25) is 0 Å². The second kappa shape index (κ2) is 5.82. The molecule has 126 valence electrons. The molecule has 0 heterocycles. The molecule has 5 heteroatoms. The molecule has 0 bridgehead atoms. The summed E-state index contributed by atoms with van der Waals surface area (Å²) in [4.78, 5) is 24.2. The van der Waals surface area contributed by atoms with E-state index in [0.717, 1.165) is 27.6 Å². The van der Waals surface area contributed by atoms with Crippen molar-refractivity contribution in [1.82, 2.24) is 0 Å². The zero-order chi connectivity index (χ0) is 17.5. The van der Waals surface area contributed by atoms with Crippen LogP contribution in [0.25, 0.3) is 10.8 Å². The van der Waals surface area contributed by atoms with Gasteiger partial charge in [-0.15, -0.1) is 0 Å². The highest BCUT2D eigenvalue weighted by atomic mass is 16.5. The number of benzene rings is 2. The predicted molar refractivity (Wildman–Crippen MR) is 89.3 cm³/mol. The summed E-state index contributed by atoms with van der Waals surface area (Å²) < 4.78 is 10.2. The molecule has 0 saturated heterocycles. The van der Waals surface area contributed by atoms with E-state index < -0.39 is 23.3 Å². The van der Waals surface area contributed by atoms with E-state index in [2.05, 4.69) is 0 Å². The molecule has 0 radical (unpaired) electrons. The molecular weight excluding hydrogens is 308 g/mol. The average molecular weight is 328 g/mol. The Hall–Kier alpha value is -2.56. The number of carbonyl (C=O) groups is 2. The van der Waals surface area contributed by atoms with Crippen LogP contribution in [0.3, 0.4) is 0 Å². The normalized spacial score (nSPS) is 22.7. The molecule has 0 unspecified atom stereocenters. The van der Waals surface area contributed by atoms with E-state index in [4.69, 9.17) is 9.47 Å². The molecular formula is C19H20O5. The Morgan fingerprint density at radius 3 is 2.58 bits per heavy atom. The van der Waals surface area contributed by atoms with Crippen LogP contribution in [0.15, 0.2) is 30.3 Å². The first-order valence-electron chi connectivity index (χ1n) is 7.84. The lowest BCUT2D eigenvalue weighted by Gasteiger charge is -2.38. The quantitative estimate of drug-likeness (QED) is 0.877. The number of rotatable bonds is 3. The van der Waals surface area contributed by atoms with Crippen LogP contribution in [0, 0.1) is 5.92 Å². The third kappa shape index (κ3) is 2.23. The number of carboxylic acid groups (broad SMARTS) is 1. The van der Waals surface area contributed by atoms with Gasteiger partial charge >= 0.3 is 11.9 Å². The van der Waals surface area contributed by atoms with E-state index in [1.54, 1.807) is 14.0 Å². The van der Waals surface area contributed by atoms with Crippen molar-refractivity contribution >= 4 is 22.7 Å². The first-order valence-corrected chi connectivity index (χ1v) is 7.84. The fourth-order valence-corrected chi connectivity index (χ4v) is 3.85. The van der Waals surface area contributed by atoms with Crippen molar-refractivity contribution in [2.75, 3.05) is 14.2 Å². The number of aliphatic carboxylic acids is 1. The van der Waals surface area contributed by atoms with Gasteiger partial charge in [-0.05, 0) is 53.8 Å². The second-order valence-electron chi connectivity index (χ2n) is 6.30. The fourth-order valence-electron chi connectivity index (χ4n) is 3.85. The van der Waals surface area contributed by atoms with Crippen molar-refractivity contribution in [2.24, 2.45) is 5.92 Å². The van der Waals surface area contributed by atoms with Crippen LogP contribution in [0.5, 0.6) is 5.75 Å². The van der Waals surface area contributed by atoms with E-state index >= 15 is 0 Å². The van der Waals surface area contributed by atoms with Crippen molar-refractivity contribution < 1.29 is 24.2 Å². The van der Waals surface area contributed by atoms with Gasteiger partial charge in [0, 0.05) is 0 Å². The molecule has 3 rings (SSSR count). The maximum absolute atomic E-state index is 12.5. The minimum atomic E-state index is -1.19. The molecule has 2 atom stereocenters. The Morgan fingerprint density at radius 2 is 1.96 bits per heavy atom. The number of esters is 1.